The van der Waals surface area contributed by atoms with Gasteiger partial charge in [0.15, 0.2) is 0 Å². The average Bonchev–Trinajstić information content (AvgIpc) is 2.42. The minimum atomic E-state index is -0.327. The second kappa shape index (κ2) is 6.19. The molecule has 0 aliphatic carbocycles. The number of amides is 1. The molecule has 0 aliphatic heterocycles. The predicted octanol–water partition coefficient (Wildman–Crippen LogP) is 3.82. The molecule has 2 rings (SSSR count). The third-order valence-electron chi connectivity index (χ3n) is 2.89. The van der Waals surface area contributed by atoms with Gasteiger partial charge in [-0.1, -0.05) is 6.07 Å². The molecule has 2 aromatic rings. The van der Waals surface area contributed by atoms with E-state index in [1.807, 2.05) is 26.0 Å². The minimum absolute atomic E-state index is 0.215. The van der Waals surface area contributed by atoms with E-state index < -0.39 is 0 Å². The Hall–Kier alpha value is -2.36. The molecule has 0 radical (unpaired) electrons. The van der Waals surface area contributed by atoms with Crippen LogP contribution in [0.15, 0.2) is 42.5 Å². The van der Waals surface area contributed by atoms with Crippen LogP contribution in [0.1, 0.15) is 22.8 Å². The Bertz CT molecular complexity index is 608. The van der Waals surface area contributed by atoms with Gasteiger partial charge >= 0.3 is 0 Å². The Morgan fingerprint density at radius 3 is 2.50 bits per heavy atom. The van der Waals surface area contributed by atoms with Crippen molar-refractivity contribution < 1.29 is 9.18 Å². The number of nitrogens with one attached hydrogen (secondary N) is 2. The van der Waals surface area contributed by atoms with Gasteiger partial charge in [0.25, 0.3) is 5.91 Å². The molecule has 0 saturated heterocycles. The van der Waals surface area contributed by atoms with E-state index in [2.05, 4.69) is 10.6 Å². The van der Waals surface area contributed by atoms with Crippen molar-refractivity contribution in [3.8, 4) is 0 Å². The number of rotatable bonds is 4. The molecule has 3 nitrogen and oxygen atoms in total. The fourth-order valence-electron chi connectivity index (χ4n) is 1.92. The summed E-state index contributed by atoms with van der Waals surface area (Å²) >= 11 is 0. The summed E-state index contributed by atoms with van der Waals surface area (Å²) in [7, 11) is 0. The first-order chi connectivity index (χ1) is 9.60. The van der Waals surface area contributed by atoms with Crippen LogP contribution in [0.25, 0.3) is 0 Å². The van der Waals surface area contributed by atoms with Crippen LogP contribution in [0.4, 0.5) is 15.8 Å². The van der Waals surface area contributed by atoms with Crippen LogP contribution in [-0.2, 0) is 0 Å². The maximum atomic E-state index is 12.8. The van der Waals surface area contributed by atoms with Gasteiger partial charge < -0.3 is 10.6 Å². The van der Waals surface area contributed by atoms with Crippen molar-refractivity contribution in [3.63, 3.8) is 0 Å². The first kappa shape index (κ1) is 14.1. The Kier molecular flexibility index (Phi) is 4.35. The van der Waals surface area contributed by atoms with Crippen LogP contribution >= 0.6 is 0 Å². The van der Waals surface area contributed by atoms with Crippen molar-refractivity contribution >= 4 is 17.3 Å². The Labute approximate surface area is 117 Å². The van der Waals surface area contributed by atoms with Gasteiger partial charge in [0.2, 0.25) is 0 Å². The highest BCUT2D eigenvalue weighted by molar-refractivity contribution is 6.08. The lowest BCUT2D eigenvalue weighted by atomic mass is 10.1. The summed E-state index contributed by atoms with van der Waals surface area (Å²) in [5.74, 6) is -0.542. The van der Waals surface area contributed by atoms with Crippen LogP contribution in [0.3, 0.4) is 0 Å². The molecule has 4 heteroatoms. The molecule has 0 bridgehead atoms. The zero-order chi connectivity index (χ0) is 14.5. The van der Waals surface area contributed by atoms with Crippen LogP contribution in [0.2, 0.25) is 0 Å². The van der Waals surface area contributed by atoms with E-state index >= 15 is 0 Å². The van der Waals surface area contributed by atoms with Crippen molar-refractivity contribution in [1.82, 2.24) is 0 Å². The van der Waals surface area contributed by atoms with Gasteiger partial charge in [0.1, 0.15) is 5.82 Å². The Balaban J connectivity index is 2.22. The number of hydrogen-bond acceptors (Lipinski definition) is 2. The molecule has 20 heavy (non-hydrogen) atoms. The number of hydrogen-bond donors (Lipinski definition) is 2. The van der Waals surface area contributed by atoms with Gasteiger partial charge in [-0.3, -0.25) is 4.79 Å². The van der Waals surface area contributed by atoms with Crippen molar-refractivity contribution in [1.29, 1.82) is 0 Å². The number of carbonyl (C=O) groups excluding carboxylic acids is 1. The lowest BCUT2D eigenvalue weighted by molar-refractivity contribution is 0.102. The maximum absolute atomic E-state index is 12.8. The van der Waals surface area contributed by atoms with Crippen LogP contribution in [0, 0.1) is 12.7 Å². The van der Waals surface area contributed by atoms with E-state index in [1.54, 1.807) is 6.07 Å². The molecular formula is C16H17FN2O. The van der Waals surface area contributed by atoms with Gasteiger partial charge in [0, 0.05) is 17.9 Å². The Morgan fingerprint density at radius 1 is 1.15 bits per heavy atom. The average molecular weight is 272 g/mol. The van der Waals surface area contributed by atoms with Gasteiger partial charge in [-0.25, -0.2) is 4.39 Å². The number of aryl methyl sites for hydroxylation is 1. The zero-order valence-corrected chi connectivity index (χ0v) is 11.5. The highest BCUT2D eigenvalue weighted by Gasteiger charge is 2.11. The first-order valence-electron chi connectivity index (χ1n) is 6.51. The van der Waals surface area contributed by atoms with Crippen molar-refractivity contribution in [3.05, 3.63) is 59.4 Å². The fraction of sp³-hybridized carbons (Fsp3) is 0.188. The van der Waals surface area contributed by atoms with Crippen LogP contribution in [0.5, 0.6) is 0 Å². The molecule has 0 unspecified atom stereocenters. The topological polar surface area (TPSA) is 41.1 Å². The van der Waals surface area contributed by atoms with E-state index in [0.717, 1.165) is 17.8 Å². The molecule has 0 fully saturated rings. The Morgan fingerprint density at radius 2 is 1.85 bits per heavy atom. The molecule has 0 saturated carbocycles. The van der Waals surface area contributed by atoms with Gasteiger partial charge in [-0.05, 0) is 55.8 Å². The van der Waals surface area contributed by atoms with Gasteiger partial charge in [-0.2, -0.15) is 0 Å². The molecule has 2 aromatic carbocycles. The minimum Gasteiger partial charge on any atom is -0.385 e. The summed E-state index contributed by atoms with van der Waals surface area (Å²) in [6, 6.07) is 11.3. The molecular weight excluding hydrogens is 255 g/mol. The maximum Gasteiger partial charge on any atom is 0.257 e. The number of carbonyl (C=O) groups is 1. The summed E-state index contributed by atoms with van der Waals surface area (Å²) in [5.41, 5.74) is 3.02. The predicted molar refractivity (Wildman–Crippen MR) is 79.7 cm³/mol. The van der Waals surface area contributed by atoms with Crippen molar-refractivity contribution in [2.75, 3.05) is 17.2 Å². The number of benzene rings is 2. The third-order valence-corrected chi connectivity index (χ3v) is 2.89. The fourth-order valence-corrected chi connectivity index (χ4v) is 1.92. The molecule has 0 aromatic heterocycles. The normalized spacial score (nSPS) is 10.2. The van der Waals surface area contributed by atoms with Crippen molar-refractivity contribution in [2.24, 2.45) is 0 Å². The quantitative estimate of drug-likeness (QED) is 0.888. The molecule has 0 atom stereocenters. The lowest BCUT2D eigenvalue weighted by Gasteiger charge is -2.12. The van der Waals surface area contributed by atoms with E-state index in [9.17, 15) is 9.18 Å². The second-order valence-corrected chi connectivity index (χ2v) is 4.54. The van der Waals surface area contributed by atoms with Gasteiger partial charge in [-0.15, -0.1) is 0 Å². The van der Waals surface area contributed by atoms with E-state index in [4.69, 9.17) is 0 Å². The molecule has 0 heterocycles. The third kappa shape index (κ3) is 3.35. The smallest absolute Gasteiger partial charge is 0.257 e. The first-order valence-corrected chi connectivity index (χ1v) is 6.51. The van der Waals surface area contributed by atoms with Crippen LogP contribution in [-0.4, -0.2) is 12.5 Å². The largest absolute Gasteiger partial charge is 0.385 e. The van der Waals surface area contributed by atoms with E-state index in [-0.39, 0.29) is 11.7 Å². The van der Waals surface area contributed by atoms with Crippen molar-refractivity contribution in [2.45, 2.75) is 13.8 Å². The molecule has 1 amide bonds. The van der Waals surface area contributed by atoms with E-state index in [1.165, 1.54) is 24.3 Å². The second-order valence-electron chi connectivity index (χ2n) is 4.54. The summed E-state index contributed by atoms with van der Waals surface area (Å²) in [4.78, 5) is 12.3. The highest BCUT2D eigenvalue weighted by Crippen LogP contribution is 2.19. The molecule has 0 spiro atoms. The number of halogens is 1. The highest BCUT2D eigenvalue weighted by atomic mass is 19.1. The SMILES string of the molecule is CCNc1cc(C)ccc1C(=O)Nc1ccc(F)cc1. The summed E-state index contributed by atoms with van der Waals surface area (Å²) in [6.07, 6.45) is 0. The number of anilines is 2. The van der Waals surface area contributed by atoms with Gasteiger partial charge in [0.05, 0.1) is 5.56 Å². The molecule has 2 N–H and O–H groups in total. The standard InChI is InChI=1S/C16H17FN2O/c1-3-18-15-10-11(2)4-9-14(15)16(20)19-13-7-5-12(17)6-8-13/h4-10,18H,3H2,1-2H3,(H,19,20). The molecule has 0 aliphatic rings. The summed E-state index contributed by atoms with van der Waals surface area (Å²) in [5, 5.41) is 5.93. The van der Waals surface area contributed by atoms with Crippen LogP contribution < -0.4 is 10.6 Å². The lowest BCUT2D eigenvalue weighted by Crippen LogP contribution is -2.15. The van der Waals surface area contributed by atoms with E-state index in [0.29, 0.717) is 11.3 Å². The monoisotopic (exact) mass is 272 g/mol. The zero-order valence-electron chi connectivity index (χ0n) is 11.5. The summed E-state index contributed by atoms with van der Waals surface area (Å²) < 4.78 is 12.8. The molecule has 104 valence electrons. The summed E-state index contributed by atoms with van der Waals surface area (Å²) in [6.45, 7) is 4.69.